The van der Waals surface area contributed by atoms with E-state index in [1.807, 2.05) is 6.92 Å². The van der Waals surface area contributed by atoms with Gasteiger partial charge in [0.05, 0.1) is 23.8 Å². The highest BCUT2D eigenvalue weighted by Crippen LogP contribution is 2.28. The fourth-order valence-corrected chi connectivity index (χ4v) is 4.45. The number of halogens is 1. The van der Waals surface area contributed by atoms with Crippen LogP contribution in [0.25, 0.3) is 0 Å². The number of ether oxygens (including phenoxy) is 1. The predicted octanol–water partition coefficient (Wildman–Crippen LogP) is 1.94. The summed E-state index contributed by atoms with van der Waals surface area (Å²) in [5.41, 5.74) is 0.439. The van der Waals surface area contributed by atoms with Crippen molar-refractivity contribution in [3.05, 3.63) is 23.2 Å². The minimum Gasteiger partial charge on any atom is -0.491 e. The summed E-state index contributed by atoms with van der Waals surface area (Å²) in [4.78, 5) is 23.9. The summed E-state index contributed by atoms with van der Waals surface area (Å²) in [6.45, 7) is 2.60. The van der Waals surface area contributed by atoms with Gasteiger partial charge in [0.2, 0.25) is 5.91 Å². The molecule has 8 nitrogen and oxygen atoms in total. The molecule has 1 aromatic carbocycles. The molecule has 0 aromatic heterocycles. The average molecular weight is 418 g/mol. The van der Waals surface area contributed by atoms with Gasteiger partial charge in [-0.3, -0.25) is 4.79 Å². The number of hydrogen-bond acceptors (Lipinski definition) is 5. The van der Waals surface area contributed by atoms with E-state index in [-0.39, 0.29) is 36.4 Å². The molecule has 1 unspecified atom stereocenters. The topological polar surface area (TPSA) is 114 Å². The molecule has 3 amide bonds. The Morgan fingerprint density at radius 1 is 1.33 bits per heavy atom. The maximum absolute atomic E-state index is 12.0. The van der Waals surface area contributed by atoms with Crippen LogP contribution in [0.15, 0.2) is 18.2 Å². The van der Waals surface area contributed by atoms with Crippen LogP contribution < -0.4 is 20.7 Å². The fraction of sp³-hybridized carbons (Fsp3) is 0.529. The first-order valence-electron chi connectivity index (χ1n) is 8.76. The largest absolute Gasteiger partial charge is 0.491 e. The van der Waals surface area contributed by atoms with Crippen LogP contribution >= 0.6 is 11.6 Å². The van der Waals surface area contributed by atoms with Gasteiger partial charge in [-0.2, -0.15) is 0 Å². The number of nitrogens with one attached hydrogen (secondary N) is 3. The summed E-state index contributed by atoms with van der Waals surface area (Å²) in [6, 6.07) is 4.09. The Morgan fingerprint density at radius 3 is 2.78 bits per heavy atom. The second-order valence-electron chi connectivity index (χ2n) is 6.29. The van der Waals surface area contributed by atoms with Crippen molar-refractivity contribution < 1.29 is 22.7 Å². The molecule has 27 heavy (non-hydrogen) atoms. The molecule has 10 heteroatoms. The zero-order valence-electron chi connectivity index (χ0n) is 15.1. The molecular formula is C17H24ClN3O5S. The average Bonchev–Trinajstić information content (AvgIpc) is 2.92. The number of carbonyl (C=O) groups excluding carboxylic acids is 2. The third-order valence-electron chi connectivity index (χ3n) is 3.89. The standard InChI is InChI=1S/C17H24ClN3O5S/c1-2-8-26-15-4-3-12(18)10-14(15)21-17(23)19-7-5-16(22)20-13-6-9-27(24,25)11-13/h3-4,10,13H,2,5-9,11H2,1H3,(H,20,22)(H2,19,21,23). The van der Waals surface area contributed by atoms with Gasteiger partial charge in [0.1, 0.15) is 5.75 Å². The molecule has 0 bridgehead atoms. The second-order valence-corrected chi connectivity index (χ2v) is 8.95. The second kappa shape index (κ2) is 9.80. The van der Waals surface area contributed by atoms with E-state index in [4.69, 9.17) is 16.3 Å². The maximum atomic E-state index is 12.0. The quantitative estimate of drug-likeness (QED) is 0.598. The molecule has 0 aliphatic carbocycles. The van der Waals surface area contributed by atoms with Gasteiger partial charge in [0, 0.05) is 24.0 Å². The Hall–Kier alpha value is -2.00. The molecular weight excluding hydrogens is 394 g/mol. The lowest BCUT2D eigenvalue weighted by atomic mass is 10.2. The van der Waals surface area contributed by atoms with Crippen molar-refractivity contribution in [3.63, 3.8) is 0 Å². The van der Waals surface area contributed by atoms with Crippen LogP contribution in [-0.4, -0.2) is 51.1 Å². The lowest BCUT2D eigenvalue weighted by molar-refractivity contribution is -0.121. The van der Waals surface area contributed by atoms with Crippen molar-refractivity contribution >= 4 is 39.1 Å². The predicted molar refractivity (Wildman–Crippen MR) is 104 cm³/mol. The highest BCUT2D eigenvalue weighted by Gasteiger charge is 2.28. The minimum atomic E-state index is -3.04. The molecule has 1 atom stereocenters. The first kappa shape index (κ1) is 21.3. The van der Waals surface area contributed by atoms with Crippen LogP contribution in [0.5, 0.6) is 5.75 Å². The minimum absolute atomic E-state index is 0.0258. The van der Waals surface area contributed by atoms with Crippen molar-refractivity contribution in [2.24, 2.45) is 0 Å². The lowest BCUT2D eigenvalue weighted by Gasteiger charge is -2.14. The first-order valence-corrected chi connectivity index (χ1v) is 11.0. The summed E-state index contributed by atoms with van der Waals surface area (Å²) in [5.74, 6) is 0.284. The molecule has 1 heterocycles. The number of carbonyl (C=O) groups is 2. The van der Waals surface area contributed by atoms with Crippen molar-refractivity contribution in [3.8, 4) is 5.75 Å². The number of hydrogen-bond donors (Lipinski definition) is 3. The number of amides is 3. The third-order valence-corrected chi connectivity index (χ3v) is 5.89. The summed E-state index contributed by atoms with van der Waals surface area (Å²) < 4.78 is 28.3. The summed E-state index contributed by atoms with van der Waals surface area (Å²) in [6.07, 6.45) is 1.31. The summed E-state index contributed by atoms with van der Waals surface area (Å²) >= 11 is 5.96. The monoisotopic (exact) mass is 417 g/mol. The highest BCUT2D eigenvalue weighted by atomic mass is 35.5. The van der Waals surface area contributed by atoms with Gasteiger partial charge in [-0.15, -0.1) is 0 Å². The van der Waals surface area contributed by atoms with Gasteiger partial charge in [-0.1, -0.05) is 18.5 Å². The Balaban J connectivity index is 1.76. The number of sulfone groups is 1. The van der Waals surface area contributed by atoms with Crippen molar-refractivity contribution in [2.75, 3.05) is 30.0 Å². The Labute approximate surface area is 163 Å². The molecule has 1 fully saturated rings. The molecule has 0 spiro atoms. The highest BCUT2D eigenvalue weighted by molar-refractivity contribution is 7.91. The smallest absolute Gasteiger partial charge is 0.319 e. The van der Waals surface area contributed by atoms with E-state index in [9.17, 15) is 18.0 Å². The summed E-state index contributed by atoms with van der Waals surface area (Å²) in [7, 11) is -3.04. The van der Waals surface area contributed by atoms with Crippen LogP contribution in [0.2, 0.25) is 5.02 Å². The van der Waals surface area contributed by atoms with Crippen molar-refractivity contribution in [1.29, 1.82) is 0 Å². The van der Waals surface area contributed by atoms with Gasteiger partial charge in [-0.25, -0.2) is 13.2 Å². The number of rotatable bonds is 8. The van der Waals surface area contributed by atoms with Gasteiger partial charge in [0.25, 0.3) is 0 Å². The van der Waals surface area contributed by atoms with E-state index >= 15 is 0 Å². The molecule has 0 saturated carbocycles. The molecule has 0 radical (unpaired) electrons. The van der Waals surface area contributed by atoms with Crippen LogP contribution in [-0.2, 0) is 14.6 Å². The Bertz CT molecular complexity index is 785. The van der Waals surface area contributed by atoms with E-state index in [0.29, 0.717) is 29.5 Å². The summed E-state index contributed by atoms with van der Waals surface area (Å²) in [5, 5.41) is 8.35. The van der Waals surface area contributed by atoms with E-state index in [1.165, 1.54) is 0 Å². The Morgan fingerprint density at radius 2 is 2.11 bits per heavy atom. The molecule has 1 aliphatic heterocycles. The fourth-order valence-electron chi connectivity index (χ4n) is 2.60. The number of urea groups is 1. The van der Waals surface area contributed by atoms with Crippen molar-refractivity contribution in [2.45, 2.75) is 32.2 Å². The van der Waals surface area contributed by atoms with Crippen LogP contribution in [0, 0.1) is 0 Å². The first-order chi connectivity index (χ1) is 12.8. The van der Waals surface area contributed by atoms with Gasteiger partial charge in [0.15, 0.2) is 9.84 Å². The van der Waals surface area contributed by atoms with Crippen LogP contribution in [0.3, 0.4) is 0 Å². The normalized spacial score (nSPS) is 17.9. The maximum Gasteiger partial charge on any atom is 0.319 e. The van der Waals surface area contributed by atoms with Gasteiger partial charge in [-0.05, 0) is 31.0 Å². The zero-order chi connectivity index (χ0) is 19.9. The lowest BCUT2D eigenvalue weighted by Crippen LogP contribution is -2.38. The van der Waals surface area contributed by atoms with E-state index in [1.54, 1.807) is 18.2 Å². The molecule has 150 valence electrons. The zero-order valence-corrected chi connectivity index (χ0v) is 16.7. The van der Waals surface area contributed by atoms with Gasteiger partial charge >= 0.3 is 6.03 Å². The van der Waals surface area contributed by atoms with E-state index in [2.05, 4.69) is 16.0 Å². The Kier molecular flexibility index (Phi) is 7.73. The van der Waals surface area contributed by atoms with Crippen LogP contribution in [0.1, 0.15) is 26.2 Å². The van der Waals surface area contributed by atoms with E-state index < -0.39 is 15.9 Å². The SMILES string of the molecule is CCCOc1ccc(Cl)cc1NC(=O)NCCC(=O)NC1CCS(=O)(=O)C1. The molecule has 1 saturated heterocycles. The molecule has 3 N–H and O–H groups in total. The van der Waals surface area contributed by atoms with Crippen molar-refractivity contribution in [1.82, 2.24) is 10.6 Å². The van der Waals surface area contributed by atoms with E-state index in [0.717, 1.165) is 6.42 Å². The number of anilines is 1. The van der Waals surface area contributed by atoms with Gasteiger partial charge < -0.3 is 20.7 Å². The van der Waals surface area contributed by atoms with Crippen LogP contribution in [0.4, 0.5) is 10.5 Å². The molecule has 2 rings (SSSR count). The third kappa shape index (κ3) is 7.26. The molecule has 1 aromatic rings. The number of benzene rings is 1. The molecule has 1 aliphatic rings.